The van der Waals surface area contributed by atoms with Gasteiger partial charge >= 0.3 is 0 Å². The monoisotopic (exact) mass is 255 g/mol. The topological polar surface area (TPSA) is 3.24 Å². The van der Waals surface area contributed by atoms with Crippen molar-refractivity contribution in [2.24, 2.45) is 5.92 Å². The summed E-state index contributed by atoms with van der Waals surface area (Å²) in [5.41, 5.74) is 2.19. The molecule has 0 aliphatic heterocycles. The number of rotatable bonds is 4. The van der Waals surface area contributed by atoms with Crippen molar-refractivity contribution >= 4 is 7.92 Å². The highest BCUT2D eigenvalue weighted by Gasteiger charge is 2.38. The quantitative estimate of drug-likeness (QED) is 0.682. The van der Waals surface area contributed by atoms with Crippen LogP contribution in [0.15, 0.2) is 0 Å². The van der Waals surface area contributed by atoms with Crippen LogP contribution in [0.4, 0.5) is 0 Å². The van der Waals surface area contributed by atoms with Crippen LogP contribution in [0.25, 0.3) is 0 Å². The Labute approximate surface area is 109 Å². The van der Waals surface area contributed by atoms with Gasteiger partial charge in [0.05, 0.1) is 0 Å². The highest BCUT2D eigenvalue weighted by molar-refractivity contribution is 7.58. The Hall–Kier alpha value is 0.390. The molecule has 0 spiro atoms. The van der Waals surface area contributed by atoms with E-state index >= 15 is 0 Å². The number of hydrogen-bond acceptors (Lipinski definition) is 1. The van der Waals surface area contributed by atoms with E-state index in [-0.39, 0.29) is 0 Å². The molecule has 2 aliphatic rings. The predicted molar refractivity (Wildman–Crippen MR) is 79.4 cm³/mol. The van der Waals surface area contributed by atoms with Crippen molar-refractivity contribution in [1.29, 1.82) is 0 Å². The molecule has 0 saturated heterocycles. The van der Waals surface area contributed by atoms with E-state index in [1.54, 1.807) is 12.8 Å². The van der Waals surface area contributed by atoms with Gasteiger partial charge in [-0.2, -0.15) is 0 Å². The molecule has 1 nitrogen and oxygen atoms in total. The van der Waals surface area contributed by atoms with E-state index in [0.717, 1.165) is 23.3 Å². The molecule has 2 rings (SSSR count). The van der Waals surface area contributed by atoms with E-state index in [2.05, 4.69) is 32.6 Å². The first-order chi connectivity index (χ1) is 8.11. The third-order valence-electron chi connectivity index (χ3n) is 5.39. The first-order valence-electron chi connectivity index (χ1n) is 7.49. The van der Waals surface area contributed by atoms with Crippen molar-refractivity contribution in [2.75, 3.05) is 20.8 Å². The molecule has 0 radical (unpaired) electrons. The average molecular weight is 255 g/mol. The van der Waals surface area contributed by atoms with Gasteiger partial charge in [-0.05, 0) is 70.6 Å². The molecular formula is C15H30NP. The Kier molecular flexibility index (Phi) is 4.89. The van der Waals surface area contributed by atoms with E-state index in [4.69, 9.17) is 0 Å². The SMILES string of the molecule is C[C@H](C1CCCC1P(C)C1CCCC1)N(C)C. The minimum atomic E-state index is 0.294. The largest absolute Gasteiger partial charge is 0.306 e. The third kappa shape index (κ3) is 3.04. The summed E-state index contributed by atoms with van der Waals surface area (Å²) in [6.45, 7) is 5.07. The highest BCUT2D eigenvalue weighted by atomic mass is 31.1. The van der Waals surface area contributed by atoms with Crippen molar-refractivity contribution in [3.8, 4) is 0 Å². The molecule has 2 fully saturated rings. The zero-order chi connectivity index (χ0) is 12.4. The maximum absolute atomic E-state index is 2.62. The molecule has 0 aromatic carbocycles. The Morgan fingerprint density at radius 3 is 2.24 bits per heavy atom. The van der Waals surface area contributed by atoms with Gasteiger partial charge in [-0.25, -0.2) is 0 Å². The molecule has 0 amide bonds. The molecule has 0 N–H and O–H groups in total. The van der Waals surface area contributed by atoms with Gasteiger partial charge < -0.3 is 4.90 Å². The van der Waals surface area contributed by atoms with Gasteiger partial charge in [0.25, 0.3) is 0 Å². The second-order valence-corrected chi connectivity index (χ2v) is 9.19. The summed E-state index contributed by atoms with van der Waals surface area (Å²) >= 11 is 0. The van der Waals surface area contributed by atoms with Crippen LogP contribution in [-0.2, 0) is 0 Å². The molecule has 0 aromatic heterocycles. The van der Waals surface area contributed by atoms with Gasteiger partial charge in [0, 0.05) is 6.04 Å². The van der Waals surface area contributed by atoms with Crippen molar-refractivity contribution in [2.45, 2.75) is 69.2 Å². The lowest BCUT2D eigenvalue weighted by atomic mass is 9.98. The zero-order valence-corrected chi connectivity index (χ0v) is 13.0. The summed E-state index contributed by atoms with van der Waals surface area (Å²) in [6, 6.07) is 0.786. The minimum absolute atomic E-state index is 0.294. The lowest BCUT2D eigenvalue weighted by Crippen LogP contribution is -2.36. The Morgan fingerprint density at radius 2 is 1.65 bits per heavy atom. The summed E-state index contributed by atoms with van der Waals surface area (Å²) in [6.07, 6.45) is 10.6. The Morgan fingerprint density at radius 1 is 1.00 bits per heavy atom. The van der Waals surface area contributed by atoms with E-state index < -0.39 is 0 Å². The molecule has 2 heteroatoms. The summed E-state index contributed by atoms with van der Waals surface area (Å²) in [7, 11) is 4.81. The fourth-order valence-electron chi connectivity index (χ4n) is 4.00. The first kappa shape index (κ1) is 13.8. The molecule has 0 heterocycles. The van der Waals surface area contributed by atoms with Crippen LogP contribution in [-0.4, -0.2) is 43.0 Å². The highest BCUT2D eigenvalue weighted by Crippen LogP contribution is 2.57. The fraction of sp³-hybridized carbons (Fsp3) is 1.00. The van der Waals surface area contributed by atoms with Crippen molar-refractivity contribution in [1.82, 2.24) is 4.90 Å². The fourth-order valence-corrected chi connectivity index (χ4v) is 7.32. The minimum Gasteiger partial charge on any atom is -0.306 e. The number of hydrogen-bond donors (Lipinski definition) is 0. The molecule has 0 aromatic rings. The van der Waals surface area contributed by atoms with Gasteiger partial charge in [0.15, 0.2) is 0 Å². The van der Waals surface area contributed by atoms with Crippen molar-refractivity contribution in [3.63, 3.8) is 0 Å². The summed E-state index contributed by atoms with van der Waals surface area (Å²) < 4.78 is 0. The van der Waals surface area contributed by atoms with E-state index in [9.17, 15) is 0 Å². The van der Waals surface area contributed by atoms with Crippen LogP contribution in [0, 0.1) is 5.92 Å². The van der Waals surface area contributed by atoms with Gasteiger partial charge in [-0.3, -0.25) is 0 Å². The third-order valence-corrected chi connectivity index (χ3v) is 8.75. The zero-order valence-electron chi connectivity index (χ0n) is 12.2. The molecule has 2 aliphatic carbocycles. The summed E-state index contributed by atoms with van der Waals surface area (Å²) in [5.74, 6) is 0.988. The second-order valence-electron chi connectivity index (χ2n) is 6.47. The second kappa shape index (κ2) is 6.02. The van der Waals surface area contributed by atoms with Crippen LogP contribution in [0.3, 0.4) is 0 Å². The summed E-state index contributed by atoms with van der Waals surface area (Å²) in [4.78, 5) is 2.45. The van der Waals surface area contributed by atoms with Crippen molar-refractivity contribution in [3.05, 3.63) is 0 Å². The molecule has 3 unspecified atom stereocenters. The molecule has 2 saturated carbocycles. The van der Waals surface area contributed by atoms with Gasteiger partial charge in [0.1, 0.15) is 0 Å². The van der Waals surface area contributed by atoms with Gasteiger partial charge in [-0.15, -0.1) is 7.92 Å². The van der Waals surface area contributed by atoms with Crippen LogP contribution >= 0.6 is 7.92 Å². The lowest BCUT2D eigenvalue weighted by Gasteiger charge is -2.36. The van der Waals surface area contributed by atoms with Crippen molar-refractivity contribution < 1.29 is 0 Å². The maximum atomic E-state index is 2.62. The van der Waals surface area contributed by atoms with Crippen LogP contribution < -0.4 is 0 Å². The normalized spacial score (nSPS) is 34.4. The van der Waals surface area contributed by atoms with E-state index in [0.29, 0.717) is 7.92 Å². The lowest BCUT2D eigenvalue weighted by molar-refractivity contribution is 0.232. The standard InChI is InChI=1S/C15H30NP/c1-12(16(2)3)14-10-7-11-15(14)17(4)13-8-5-6-9-13/h12-15H,5-11H2,1-4H3/t12-,14?,15?,17?/m1/s1. The molecular weight excluding hydrogens is 225 g/mol. The predicted octanol–water partition coefficient (Wildman–Crippen LogP) is 4.16. The summed E-state index contributed by atoms with van der Waals surface area (Å²) in [5, 5.41) is 0. The van der Waals surface area contributed by atoms with E-state index in [1.807, 2.05) is 0 Å². The Bertz CT molecular complexity index is 235. The van der Waals surface area contributed by atoms with Crippen LogP contribution in [0.5, 0.6) is 0 Å². The van der Waals surface area contributed by atoms with E-state index in [1.165, 1.54) is 32.1 Å². The first-order valence-corrected chi connectivity index (χ1v) is 9.42. The number of nitrogens with zero attached hydrogens (tertiary/aromatic N) is 1. The molecule has 17 heavy (non-hydrogen) atoms. The van der Waals surface area contributed by atoms with Crippen LogP contribution in [0.2, 0.25) is 0 Å². The van der Waals surface area contributed by atoms with Gasteiger partial charge in [-0.1, -0.05) is 19.3 Å². The molecule has 100 valence electrons. The molecule has 0 bridgehead atoms. The van der Waals surface area contributed by atoms with Gasteiger partial charge in [0.2, 0.25) is 0 Å². The smallest absolute Gasteiger partial charge is 0.00951 e. The average Bonchev–Trinajstić information content (AvgIpc) is 2.97. The Balaban J connectivity index is 1.98. The van der Waals surface area contributed by atoms with Crippen LogP contribution in [0.1, 0.15) is 51.9 Å². The maximum Gasteiger partial charge on any atom is 0.00951 e. The molecule has 4 atom stereocenters.